The van der Waals surface area contributed by atoms with E-state index in [0.29, 0.717) is 10.4 Å². The maximum absolute atomic E-state index is 12.1. The van der Waals surface area contributed by atoms with Crippen molar-refractivity contribution < 1.29 is 19.1 Å². The van der Waals surface area contributed by atoms with Gasteiger partial charge >= 0.3 is 11.9 Å². The minimum atomic E-state index is -0.400. The fourth-order valence-electron chi connectivity index (χ4n) is 2.56. The summed E-state index contributed by atoms with van der Waals surface area (Å²) >= 11 is 1.53. The average Bonchev–Trinajstić information content (AvgIpc) is 3.13. The van der Waals surface area contributed by atoms with E-state index in [1.807, 2.05) is 12.1 Å². The van der Waals surface area contributed by atoms with Crippen molar-refractivity contribution in [1.29, 1.82) is 0 Å². The first-order valence-corrected chi connectivity index (χ1v) is 7.95. The van der Waals surface area contributed by atoms with E-state index < -0.39 is 5.97 Å². The van der Waals surface area contributed by atoms with Crippen molar-refractivity contribution in [3.8, 4) is 0 Å². The zero-order chi connectivity index (χ0) is 15.5. The quantitative estimate of drug-likeness (QED) is 0.811. The second-order valence-electron chi connectivity index (χ2n) is 5.18. The van der Waals surface area contributed by atoms with Crippen LogP contribution in [0.25, 0.3) is 0 Å². The first-order chi connectivity index (χ1) is 10.7. The lowest BCUT2D eigenvalue weighted by Gasteiger charge is -2.05. The maximum atomic E-state index is 12.1. The normalized spacial score (nSPS) is 12.8. The van der Waals surface area contributed by atoms with Crippen LogP contribution in [-0.2, 0) is 28.9 Å². The molecule has 2 aromatic rings. The summed E-state index contributed by atoms with van der Waals surface area (Å²) in [5, 5.41) is 0. The zero-order valence-electron chi connectivity index (χ0n) is 12.3. The minimum absolute atomic E-state index is 0.145. The lowest BCUT2D eigenvalue weighted by Crippen LogP contribution is -2.05. The predicted molar refractivity (Wildman–Crippen MR) is 83.2 cm³/mol. The average molecular weight is 316 g/mol. The first kappa shape index (κ1) is 14.8. The van der Waals surface area contributed by atoms with E-state index in [2.05, 4.69) is 4.74 Å². The Labute approximate surface area is 132 Å². The van der Waals surface area contributed by atoms with Crippen molar-refractivity contribution in [3.05, 3.63) is 56.8 Å². The number of rotatable bonds is 4. The van der Waals surface area contributed by atoms with Gasteiger partial charge in [0.25, 0.3) is 0 Å². The zero-order valence-corrected chi connectivity index (χ0v) is 13.1. The molecule has 0 radical (unpaired) electrons. The first-order valence-electron chi connectivity index (χ1n) is 7.13. The maximum Gasteiger partial charge on any atom is 0.348 e. The fourth-order valence-corrected chi connectivity index (χ4v) is 3.70. The Morgan fingerprint density at radius 3 is 2.82 bits per heavy atom. The van der Waals surface area contributed by atoms with Gasteiger partial charge in [-0.05, 0) is 48.6 Å². The molecule has 0 unspecified atom stereocenters. The molecule has 0 bridgehead atoms. The summed E-state index contributed by atoms with van der Waals surface area (Å²) in [7, 11) is 1.34. The molecule has 3 rings (SSSR count). The van der Waals surface area contributed by atoms with Crippen LogP contribution in [0.4, 0.5) is 0 Å². The third kappa shape index (κ3) is 3.04. The van der Waals surface area contributed by atoms with Crippen LogP contribution in [0.1, 0.15) is 42.5 Å². The number of ether oxygens (including phenoxy) is 2. The number of aryl methyl sites for hydroxylation is 2. The molecule has 0 N–H and O–H groups in total. The number of hydrogen-bond donors (Lipinski definition) is 0. The molecule has 0 saturated carbocycles. The molecule has 1 aliphatic rings. The third-order valence-electron chi connectivity index (χ3n) is 3.67. The molecule has 0 aliphatic heterocycles. The molecular formula is C17H16O4S. The Hall–Kier alpha value is -2.14. The van der Waals surface area contributed by atoms with E-state index >= 15 is 0 Å². The van der Waals surface area contributed by atoms with E-state index in [1.54, 1.807) is 18.2 Å². The summed E-state index contributed by atoms with van der Waals surface area (Å²) in [6.45, 7) is 0.145. The van der Waals surface area contributed by atoms with Gasteiger partial charge in [0.05, 0.1) is 12.7 Å². The van der Waals surface area contributed by atoms with Gasteiger partial charge in [-0.3, -0.25) is 0 Å². The summed E-state index contributed by atoms with van der Waals surface area (Å²) in [5.41, 5.74) is 2.50. The molecule has 0 fully saturated rings. The number of benzene rings is 1. The van der Waals surface area contributed by atoms with Crippen molar-refractivity contribution in [3.63, 3.8) is 0 Å². The molecule has 4 nitrogen and oxygen atoms in total. The van der Waals surface area contributed by atoms with Crippen LogP contribution in [-0.4, -0.2) is 19.0 Å². The molecule has 1 heterocycles. The number of esters is 2. The second kappa shape index (κ2) is 6.32. The summed E-state index contributed by atoms with van der Waals surface area (Å²) in [6, 6.07) is 8.85. The monoisotopic (exact) mass is 316 g/mol. The van der Waals surface area contributed by atoms with Crippen LogP contribution >= 0.6 is 11.3 Å². The molecule has 22 heavy (non-hydrogen) atoms. The Morgan fingerprint density at radius 2 is 2.05 bits per heavy atom. The molecule has 0 atom stereocenters. The van der Waals surface area contributed by atoms with Gasteiger partial charge in [0.2, 0.25) is 0 Å². The largest absolute Gasteiger partial charge is 0.465 e. The highest BCUT2D eigenvalue weighted by atomic mass is 32.1. The number of fused-ring (bicyclic) bond motifs is 1. The minimum Gasteiger partial charge on any atom is -0.465 e. The van der Waals surface area contributed by atoms with Crippen molar-refractivity contribution in [2.24, 2.45) is 0 Å². The van der Waals surface area contributed by atoms with E-state index in [1.165, 1.54) is 35.3 Å². The van der Waals surface area contributed by atoms with Crippen LogP contribution in [0.5, 0.6) is 0 Å². The highest BCUT2D eigenvalue weighted by molar-refractivity contribution is 7.14. The summed E-state index contributed by atoms with van der Waals surface area (Å²) in [5.74, 6) is -0.703. The molecule has 0 spiro atoms. The Morgan fingerprint density at radius 1 is 1.18 bits per heavy atom. The van der Waals surface area contributed by atoms with Crippen molar-refractivity contribution in [2.75, 3.05) is 7.11 Å². The van der Waals surface area contributed by atoms with Gasteiger partial charge in [-0.15, -0.1) is 11.3 Å². The van der Waals surface area contributed by atoms with Crippen LogP contribution in [0.2, 0.25) is 0 Å². The van der Waals surface area contributed by atoms with Crippen LogP contribution in [0.15, 0.2) is 30.3 Å². The molecule has 0 saturated heterocycles. The predicted octanol–water partition coefficient (Wildman–Crippen LogP) is 3.38. The molecule has 1 aromatic heterocycles. The molecular weight excluding hydrogens is 300 g/mol. The van der Waals surface area contributed by atoms with Gasteiger partial charge in [0, 0.05) is 4.88 Å². The van der Waals surface area contributed by atoms with Gasteiger partial charge < -0.3 is 9.47 Å². The van der Waals surface area contributed by atoms with Crippen LogP contribution in [0.3, 0.4) is 0 Å². The Balaban J connectivity index is 1.64. The van der Waals surface area contributed by atoms with Gasteiger partial charge in [0.1, 0.15) is 11.5 Å². The van der Waals surface area contributed by atoms with Crippen molar-refractivity contribution >= 4 is 23.3 Å². The number of carbonyl (C=O) groups is 2. The van der Waals surface area contributed by atoms with Gasteiger partial charge in [-0.2, -0.15) is 0 Å². The highest BCUT2D eigenvalue weighted by Crippen LogP contribution is 2.31. The van der Waals surface area contributed by atoms with Crippen LogP contribution < -0.4 is 0 Å². The summed E-state index contributed by atoms with van der Waals surface area (Å²) in [4.78, 5) is 25.5. The van der Waals surface area contributed by atoms with E-state index in [0.717, 1.165) is 18.4 Å². The van der Waals surface area contributed by atoms with Crippen molar-refractivity contribution in [2.45, 2.75) is 25.9 Å². The molecule has 1 aliphatic carbocycles. The molecule has 114 valence electrons. The lowest BCUT2D eigenvalue weighted by atomic mass is 10.1. The number of carbonyl (C=O) groups excluding carboxylic acids is 2. The third-order valence-corrected chi connectivity index (χ3v) is 4.88. The standard InChI is InChI=1S/C17H16O4S/c1-20-16(18)13-6-2-4-11(8-13)10-21-17(19)15-9-12-5-3-7-14(12)22-15/h2,4,6,8-9H,3,5,7,10H2,1H3. The van der Waals surface area contributed by atoms with Gasteiger partial charge in [-0.25, -0.2) is 9.59 Å². The summed E-state index contributed by atoms with van der Waals surface area (Å²) < 4.78 is 10.0. The van der Waals surface area contributed by atoms with Crippen molar-refractivity contribution in [1.82, 2.24) is 0 Å². The van der Waals surface area contributed by atoms with E-state index in [-0.39, 0.29) is 12.6 Å². The summed E-state index contributed by atoms with van der Waals surface area (Å²) in [6.07, 6.45) is 3.30. The topological polar surface area (TPSA) is 52.6 Å². The van der Waals surface area contributed by atoms with Gasteiger partial charge in [0.15, 0.2) is 0 Å². The lowest BCUT2D eigenvalue weighted by molar-refractivity contribution is 0.0478. The molecule has 0 amide bonds. The molecule has 1 aromatic carbocycles. The molecule has 5 heteroatoms. The SMILES string of the molecule is COC(=O)c1cccc(COC(=O)c2cc3c(s2)CCC3)c1. The second-order valence-corrected chi connectivity index (χ2v) is 6.32. The van der Waals surface area contributed by atoms with E-state index in [9.17, 15) is 9.59 Å². The Kier molecular flexibility index (Phi) is 4.24. The number of thiophene rings is 1. The van der Waals surface area contributed by atoms with Gasteiger partial charge in [-0.1, -0.05) is 12.1 Å². The van der Waals surface area contributed by atoms with Crippen LogP contribution in [0, 0.1) is 0 Å². The highest BCUT2D eigenvalue weighted by Gasteiger charge is 2.19. The number of methoxy groups -OCH3 is 1. The Bertz CT molecular complexity index is 696. The smallest absolute Gasteiger partial charge is 0.348 e. The number of hydrogen-bond acceptors (Lipinski definition) is 5. The van der Waals surface area contributed by atoms with E-state index in [4.69, 9.17) is 4.74 Å². The fraction of sp³-hybridized carbons (Fsp3) is 0.294.